The van der Waals surface area contributed by atoms with E-state index < -0.39 is 43.0 Å². The van der Waals surface area contributed by atoms with Crippen molar-refractivity contribution in [3.8, 4) is 5.75 Å². The van der Waals surface area contributed by atoms with Gasteiger partial charge in [0.05, 0.1) is 6.04 Å². The van der Waals surface area contributed by atoms with Crippen LogP contribution in [0.2, 0.25) is 5.02 Å². The molecular formula is C25H20ClF2NO6. The number of ether oxygens (including phenoxy) is 2. The lowest BCUT2D eigenvalue weighted by Crippen LogP contribution is -2.38. The van der Waals surface area contributed by atoms with Crippen molar-refractivity contribution in [2.24, 2.45) is 0 Å². The molecule has 1 heterocycles. The fraction of sp³-hybridized carbons (Fsp3) is 0.200. The number of hydroxylamine groups is 2. The van der Waals surface area contributed by atoms with Crippen molar-refractivity contribution in [2.45, 2.75) is 19.1 Å². The molecule has 0 aromatic heterocycles. The van der Waals surface area contributed by atoms with Gasteiger partial charge in [-0.3, -0.25) is 0 Å². The van der Waals surface area contributed by atoms with Crippen molar-refractivity contribution in [3.63, 3.8) is 0 Å². The Morgan fingerprint density at radius 3 is 2.66 bits per heavy atom. The highest BCUT2D eigenvalue weighted by molar-refractivity contribution is 6.30. The van der Waals surface area contributed by atoms with Crippen LogP contribution in [0.3, 0.4) is 0 Å². The SMILES string of the molecule is O=C(O)COc1ccc(Cl)cc1C1c2ccccc2CCN1OC(=O)OCc1cc(F)ccc1F. The monoisotopic (exact) mass is 503 g/mol. The molecule has 7 nitrogen and oxygen atoms in total. The molecule has 10 heteroatoms. The second kappa shape index (κ2) is 10.7. The van der Waals surface area contributed by atoms with Crippen LogP contribution < -0.4 is 4.74 Å². The van der Waals surface area contributed by atoms with Gasteiger partial charge in [0.2, 0.25) is 0 Å². The van der Waals surface area contributed by atoms with E-state index in [4.69, 9.17) is 31.0 Å². The molecular weight excluding hydrogens is 484 g/mol. The minimum atomic E-state index is -1.16. The number of carboxylic acid groups (broad SMARTS) is 1. The number of halogens is 3. The minimum absolute atomic E-state index is 0.137. The van der Waals surface area contributed by atoms with Crippen LogP contribution in [0.5, 0.6) is 5.75 Å². The number of carbonyl (C=O) groups excluding carboxylic acids is 1. The lowest BCUT2D eigenvalue weighted by molar-refractivity contribution is -0.152. The summed E-state index contributed by atoms with van der Waals surface area (Å²) in [5, 5.41) is 10.8. The van der Waals surface area contributed by atoms with E-state index >= 15 is 0 Å². The maximum absolute atomic E-state index is 13.9. The first-order valence-corrected chi connectivity index (χ1v) is 11.0. The predicted molar refractivity (Wildman–Crippen MR) is 121 cm³/mol. The Labute approximate surface area is 204 Å². The zero-order valence-corrected chi connectivity index (χ0v) is 19.0. The molecule has 182 valence electrons. The van der Waals surface area contributed by atoms with Crippen LogP contribution in [0.25, 0.3) is 0 Å². The smallest absolute Gasteiger partial charge is 0.482 e. The number of benzene rings is 3. The number of aliphatic carboxylic acids is 1. The third-order valence-electron chi connectivity index (χ3n) is 5.40. The number of carbonyl (C=O) groups is 2. The average molecular weight is 504 g/mol. The average Bonchev–Trinajstić information content (AvgIpc) is 2.83. The highest BCUT2D eigenvalue weighted by Crippen LogP contribution is 2.40. The summed E-state index contributed by atoms with van der Waals surface area (Å²) in [6, 6.07) is 14.3. The molecule has 0 saturated heterocycles. The molecule has 1 unspecified atom stereocenters. The molecule has 1 aliphatic heterocycles. The molecule has 3 aromatic rings. The maximum atomic E-state index is 13.9. The van der Waals surface area contributed by atoms with E-state index in [9.17, 15) is 18.4 Å². The first-order chi connectivity index (χ1) is 16.8. The number of nitrogens with zero attached hydrogens (tertiary/aromatic N) is 1. The Kier molecular flexibility index (Phi) is 7.48. The van der Waals surface area contributed by atoms with Gasteiger partial charge in [0, 0.05) is 22.7 Å². The Balaban J connectivity index is 1.61. The zero-order valence-electron chi connectivity index (χ0n) is 18.2. The second-order valence-electron chi connectivity index (χ2n) is 7.72. The van der Waals surface area contributed by atoms with Crippen LogP contribution in [0.4, 0.5) is 13.6 Å². The molecule has 1 N–H and O–H groups in total. The predicted octanol–water partition coefficient (Wildman–Crippen LogP) is 5.30. The largest absolute Gasteiger partial charge is 0.528 e. The van der Waals surface area contributed by atoms with Gasteiger partial charge in [-0.25, -0.2) is 18.4 Å². The number of hydrogen-bond donors (Lipinski definition) is 1. The first kappa shape index (κ1) is 24.4. The molecule has 0 aliphatic carbocycles. The maximum Gasteiger partial charge on any atom is 0.528 e. The lowest BCUT2D eigenvalue weighted by atomic mass is 9.89. The molecule has 0 bridgehead atoms. The Morgan fingerprint density at radius 2 is 1.86 bits per heavy atom. The summed E-state index contributed by atoms with van der Waals surface area (Å²) in [5.74, 6) is -2.29. The van der Waals surface area contributed by atoms with Gasteiger partial charge in [0.1, 0.15) is 24.0 Å². The Morgan fingerprint density at radius 1 is 1.06 bits per heavy atom. The van der Waals surface area contributed by atoms with E-state index in [1.807, 2.05) is 24.3 Å². The van der Waals surface area contributed by atoms with Crippen molar-refractivity contribution in [3.05, 3.63) is 99.6 Å². The summed E-state index contributed by atoms with van der Waals surface area (Å²) in [6.07, 6.45) is -0.572. The van der Waals surface area contributed by atoms with E-state index in [1.54, 1.807) is 18.2 Å². The van der Waals surface area contributed by atoms with Crippen molar-refractivity contribution in [2.75, 3.05) is 13.2 Å². The topological polar surface area (TPSA) is 85.3 Å². The molecule has 4 rings (SSSR count). The molecule has 1 aliphatic rings. The Hall–Kier alpha value is -3.69. The summed E-state index contributed by atoms with van der Waals surface area (Å²) in [4.78, 5) is 29.0. The van der Waals surface area contributed by atoms with E-state index in [2.05, 4.69) is 0 Å². The van der Waals surface area contributed by atoms with Crippen LogP contribution in [0.15, 0.2) is 60.7 Å². The van der Waals surface area contributed by atoms with Crippen LogP contribution in [0.1, 0.15) is 28.3 Å². The summed E-state index contributed by atoms with van der Waals surface area (Å²) in [5.41, 5.74) is 2.14. The van der Waals surface area contributed by atoms with Crippen LogP contribution in [-0.4, -0.2) is 35.4 Å². The van der Waals surface area contributed by atoms with E-state index in [0.29, 0.717) is 17.0 Å². The van der Waals surface area contributed by atoms with Gasteiger partial charge in [0.25, 0.3) is 0 Å². The van der Waals surface area contributed by atoms with Crippen molar-refractivity contribution in [1.82, 2.24) is 5.06 Å². The second-order valence-corrected chi connectivity index (χ2v) is 8.16. The van der Waals surface area contributed by atoms with Crippen molar-refractivity contribution < 1.29 is 37.8 Å². The molecule has 0 saturated carbocycles. The lowest BCUT2D eigenvalue weighted by Gasteiger charge is -2.36. The van der Waals surface area contributed by atoms with Crippen LogP contribution >= 0.6 is 11.6 Å². The summed E-state index contributed by atoms with van der Waals surface area (Å²) in [6.45, 7) is -0.831. The summed E-state index contributed by atoms with van der Waals surface area (Å²) in [7, 11) is 0. The number of carboxylic acids is 1. The molecule has 35 heavy (non-hydrogen) atoms. The fourth-order valence-electron chi connectivity index (χ4n) is 3.88. The van der Waals surface area contributed by atoms with Gasteiger partial charge in [-0.15, -0.1) is 5.06 Å². The van der Waals surface area contributed by atoms with Gasteiger partial charge in [-0.2, -0.15) is 0 Å². The van der Waals surface area contributed by atoms with Crippen LogP contribution in [0, 0.1) is 11.6 Å². The molecule has 0 radical (unpaired) electrons. The van der Waals surface area contributed by atoms with Gasteiger partial charge >= 0.3 is 12.1 Å². The molecule has 3 aromatic carbocycles. The first-order valence-electron chi connectivity index (χ1n) is 10.6. The van der Waals surface area contributed by atoms with E-state index in [0.717, 1.165) is 29.3 Å². The Bertz CT molecular complexity index is 1250. The highest BCUT2D eigenvalue weighted by atomic mass is 35.5. The number of fused-ring (bicyclic) bond motifs is 1. The van der Waals surface area contributed by atoms with Crippen LogP contribution in [-0.2, 0) is 27.4 Å². The van der Waals surface area contributed by atoms with Gasteiger partial charge < -0.3 is 19.4 Å². The van der Waals surface area contributed by atoms with Gasteiger partial charge in [-0.05, 0) is 53.9 Å². The number of hydrogen-bond acceptors (Lipinski definition) is 6. The highest BCUT2D eigenvalue weighted by Gasteiger charge is 2.34. The number of rotatable bonds is 7. The quantitative estimate of drug-likeness (QED) is 0.438. The standard InChI is InChI=1S/C25H20ClF2NO6/c26-17-5-8-22(33-14-23(30)31)20(12-17)24-19-4-2-1-3-15(19)9-10-29(24)35-25(32)34-13-16-11-18(27)6-7-21(16)28/h1-8,11-12,24H,9-10,13-14H2,(H,30,31). The van der Waals surface area contributed by atoms with Crippen molar-refractivity contribution >= 4 is 23.7 Å². The van der Waals surface area contributed by atoms with Gasteiger partial charge in [-0.1, -0.05) is 35.9 Å². The molecule has 0 amide bonds. The minimum Gasteiger partial charge on any atom is -0.482 e. The normalized spacial score (nSPS) is 15.2. The third-order valence-corrected chi connectivity index (χ3v) is 5.64. The fourth-order valence-corrected chi connectivity index (χ4v) is 4.06. The zero-order chi connectivity index (χ0) is 24.9. The van der Waals surface area contributed by atoms with Crippen molar-refractivity contribution in [1.29, 1.82) is 0 Å². The van der Waals surface area contributed by atoms with E-state index in [1.165, 1.54) is 5.06 Å². The molecule has 1 atom stereocenters. The summed E-state index contributed by atoms with van der Waals surface area (Å²) >= 11 is 6.24. The molecule has 0 fully saturated rings. The van der Waals surface area contributed by atoms with E-state index in [-0.39, 0.29) is 17.9 Å². The third kappa shape index (κ3) is 5.87. The van der Waals surface area contributed by atoms with Gasteiger partial charge in [0.15, 0.2) is 6.61 Å². The molecule has 0 spiro atoms. The summed E-state index contributed by atoms with van der Waals surface area (Å²) < 4.78 is 37.8.